The highest BCUT2D eigenvalue weighted by molar-refractivity contribution is 6.42. The lowest BCUT2D eigenvalue weighted by Gasteiger charge is -2.12. The van der Waals surface area contributed by atoms with Gasteiger partial charge in [0.15, 0.2) is 5.65 Å². The summed E-state index contributed by atoms with van der Waals surface area (Å²) in [7, 11) is 0. The third-order valence-corrected chi connectivity index (χ3v) is 6.00. The van der Waals surface area contributed by atoms with Gasteiger partial charge in [0.05, 0.1) is 22.7 Å². The Balaban J connectivity index is 1.50. The fraction of sp³-hybridized carbons (Fsp3) is 0.238. The van der Waals surface area contributed by atoms with Crippen molar-refractivity contribution in [2.75, 3.05) is 10.6 Å². The summed E-state index contributed by atoms with van der Waals surface area (Å²) in [6.07, 6.45) is 5.56. The molecule has 1 saturated carbocycles. The number of carbonyl (C=O) groups excluding carboxylic acids is 2. The molecule has 0 bridgehead atoms. The quantitative estimate of drug-likeness (QED) is 0.386. The number of rotatable bonds is 6. The lowest BCUT2D eigenvalue weighted by molar-refractivity contribution is -0.124. The number of aromatic nitrogens is 3. The van der Waals surface area contributed by atoms with Gasteiger partial charge in [-0.1, -0.05) is 35.3 Å². The summed E-state index contributed by atoms with van der Waals surface area (Å²) >= 11 is 12.4. The lowest BCUT2D eigenvalue weighted by Crippen LogP contribution is -2.19. The molecule has 1 aliphatic carbocycles. The average molecular weight is 457 g/mol. The molecule has 1 aliphatic heterocycles. The fourth-order valence-corrected chi connectivity index (χ4v) is 3.78. The smallest absolute Gasteiger partial charge is 0.254 e. The van der Waals surface area contributed by atoms with Crippen LogP contribution in [0.4, 0.5) is 11.6 Å². The highest BCUT2D eigenvalue weighted by Crippen LogP contribution is 2.29. The van der Waals surface area contributed by atoms with Crippen LogP contribution in [0, 0.1) is 0 Å². The zero-order valence-electron chi connectivity index (χ0n) is 16.3. The summed E-state index contributed by atoms with van der Waals surface area (Å²) < 4.78 is 1.71. The van der Waals surface area contributed by atoms with E-state index in [0.29, 0.717) is 45.2 Å². The minimum atomic E-state index is -0.384. The van der Waals surface area contributed by atoms with Gasteiger partial charge in [-0.25, -0.2) is 4.98 Å². The third-order valence-electron chi connectivity index (χ3n) is 5.15. The van der Waals surface area contributed by atoms with Gasteiger partial charge in [-0.3, -0.25) is 14.9 Å². The third kappa shape index (κ3) is 4.08. The van der Waals surface area contributed by atoms with E-state index < -0.39 is 0 Å². The summed E-state index contributed by atoms with van der Waals surface area (Å²) in [5.41, 5.74) is 2.47. The van der Waals surface area contributed by atoms with Crippen LogP contribution in [0.5, 0.6) is 0 Å². The number of hydrogen-bond acceptors (Lipinski definition) is 6. The van der Waals surface area contributed by atoms with Crippen LogP contribution in [0.25, 0.3) is 11.7 Å². The van der Waals surface area contributed by atoms with Gasteiger partial charge in [0.1, 0.15) is 11.6 Å². The van der Waals surface area contributed by atoms with Crippen molar-refractivity contribution in [3.8, 4) is 0 Å². The second kappa shape index (κ2) is 7.86. The molecule has 0 unspecified atom stereocenters. The van der Waals surface area contributed by atoms with Crippen molar-refractivity contribution in [3.63, 3.8) is 0 Å². The highest BCUT2D eigenvalue weighted by atomic mass is 35.5. The Labute approximate surface area is 187 Å². The molecule has 1 aromatic carbocycles. The molecule has 8 nitrogen and oxygen atoms in total. The van der Waals surface area contributed by atoms with Crippen LogP contribution in [0.15, 0.2) is 36.0 Å². The molecule has 0 spiro atoms. The summed E-state index contributed by atoms with van der Waals surface area (Å²) in [5.74, 6) is 0.727. The Morgan fingerprint density at radius 1 is 1.26 bits per heavy atom. The number of nitrogens with zero attached hydrogens (tertiary/aromatic N) is 3. The number of nitrogens with one attached hydrogen (secondary N) is 3. The zero-order chi connectivity index (χ0) is 21.5. The number of anilines is 2. The number of hydrogen-bond donors (Lipinski definition) is 3. The van der Waals surface area contributed by atoms with Crippen molar-refractivity contribution in [1.82, 2.24) is 19.9 Å². The molecule has 31 heavy (non-hydrogen) atoms. The maximum absolute atomic E-state index is 12.0. The number of halogens is 2. The summed E-state index contributed by atoms with van der Waals surface area (Å²) in [6.45, 7) is 0.437. The van der Waals surface area contributed by atoms with Crippen LogP contribution < -0.4 is 16.0 Å². The van der Waals surface area contributed by atoms with Crippen molar-refractivity contribution in [2.24, 2.45) is 0 Å². The minimum absolute atomic E-state index is 0.0502. The largest absolute Gasteiger partial charge is 0.367 e. The molecule has 2 aliphatic rings. The van der Waals surface area contributed by atoms with Crippen molar-refractivity contribution < 1.29 is 9.59 Å². The van der Waals surface area contributed by atoms with Gasteiger partial charge in [-0.2, -0.15) is 9.61 Å². The molecule has 5 rings (SSSR count). The van der Waals surface area contributed by atoms with Gasteiger partial charge in [0, 0.05) is 29.8 Å². The normalized spacial score (nSPS) is 17.4. The molecule has 3 N–H and O–H groups in total. The molecule has 0 atom stereocenters. The molecular formula is C21H18Cl2N6O2. The summed E-state index contributed by atoms with van der Waals surface area (Å²) in [4.78, 5) is 28.2. The van der Waals surface area contributed by atoms with Crippen molar-refractivity contribution in [2.45, 2.75) is 31.8 Å². The highest BCUT2D eigenvalue weighted by Gasteiger charge is 2.25. The van der Waals surface area contributed by atoms with Crippen LogP contribution in [0.1, 0.15) is 30.4 Å². The van der Waals surface area contributed by atoms with Gasteiger partial charge in [-0.05, 0) is 30.5 Å². The molecule has 1 saturated heterocycles. The first-order valence-corrected chi connectivity index (χ1v) is 10.6. The molecule has 2 amide bonds. The van der Waals surface area contributed by atoms with E-state index in [0.717, 1.165) is 24.2 Å². The van der Waals surface area contributed by atoms with E-state index in [1.54, 1.807) is 22.9 Å². The molecule has 3 heterocycles. The van der Waals surface area contributed by atoms with Crippen molar-refractivity contribution >= 4 is 58.4 Å². The van der Waals surface area contributed by atoms with Gasteiger partial charge in [0.25, 0.3) is 5.91 Å². The Morgan fingerprint density at radius 3 is 2.84 bits per heavy atom. The second-order valence-electron chi connectivity index (χ2n) is 7.57. The van der Waals surface area contributed by atoms with Gasteiger partial charge in [0.2, 0.25) is 5.91 Å². The molecule has 2 fully saturated rings. The SMILES string of the molecule is O=C1C/C(=C\c2cnn3c(NC4CC4)cc(NCc4cccc(Cl)c4Cl)nc23)C(=O)N1. The van der Waals surface area contributed by atoms with Crippen LogP contribution in [0.3, 0.4) is 0 Å². The predicted octanol–water partition coefficient (Wildman–Crippen LogP) is 3.65. The van der Waals surface area contributed by atoms with E-state index in [9.17, 15) is 9.59 Å². The Bertz CT molecular complexity index is 1250. The van der Waals surface area contributed by atoms with Gasteiger partial charge in [-0.15, -0.1) is 0 Å². The molecule has 0 radical (unpaired) electrons. The zero-order valence-corrected chi connectivity index (χ0v) is 17.8. The van der Waals surface area contributed by atoms with E-state index in [4.69, 9.17) is 23.2 Å². The van der Waals surface area contributed by atoms with Crippen molar-refractivity contribution in [1.29, 1.82) is 0 Å². The Hall–Kier alpha value is -3.10. The van der Waals surface area contributed by atoms with E-state index >= 15 is 0 Å². The van der Waals surface area contributed by atoms with Crippen LogP contribution >= 0.6 is 23.2 Å². The fourth-order valence-electron chi connectivity index (χ4n) is 3.39. The topological polar surface area (TPSA) is 100 Å². The molecule has 2 aromatic heterocycles. The second-order valence-corrected chi connectivity index (χ2v) is 8.36. The number of fused-ring (bicyclic) bond motifs is 1. The number of imide groups is 1. The van der Waals surface area contributed by atoms with E-state index in [1.165, 1.54) is 0 Å². The monoisotopic (exact) mass is 456 g/mol. The first-order valence-electron chi connectivity index (χ1n) is 9.85. The molecule has 3 aromatic rings. The predicted molar refractivity (Wildman–Crippen MR) is 119 cm³/mol. The Kier molecular flexibility index (Phi) is 5.03. The summed E-state index contributed by atoms with van der Waals surface area (Å²) in [5, 5.41) is 14.5. The lowest BCUT2D eigenvalue weighted by atomic mass is 10.1. The van der Waals surface area contributed by atoms with E-state index in [-0.39, 0.29) is 18.2 Å². The molecule has 158 valence electrons. The number of carbonyl (C=O) groups is 2. The van der Waals surface area contributed by atoms with Crippen LogP contribution in [-0.2, 0) is 16.1 Å². The van der Waals surface area contributed by atoms with Crippen LogP contribution in [0.2, 0.25) is 10.0 Å². The van der Waals surface area contributed by atoms with E-state index in [2.05, 4.69) is 26.0 Å². The van der Waals surface area contributed by atoms with E-state index in [1.807, 2.05) is 18.2 Å². The first kappa shape index (κ1) is 19.8. The number of benzene rings is 1. The van der Waals surface area contributed by atoms with Gasteiger partial charge < -0.3 is 10.6 Å². The van der Waals surface area contributed by atoms with Crippen molar-refractivity contribution in [3.05, 3.63) is 57.2 Å². The maximum atomic E-state index is 12.0. The molecular weight excluding hydrogens is 439 g/mol. The van der Waals surface area contributed by atoms with Crippen LogP contribution in [-0.4, -0.2) is 32.5 Å². The standard InChI is InChI=1S/C21H18Cl2N6O2/c22-15-3-1-2-11(19(15)23)9-24-16-8-17(26-14-4-5-14)29-20(27-16)13(10-25-29)6-12-7-18(30)28-21(12)31/h1-3,6,8,10,14,26H,4-5,7,9H2,(H,24,27)(H,28,30,31)/b12-6+. The van der Waals surface area contributed by atoms with Gasteiger partial charge >= 0.3 is 0 Å². The first-order chi connectivity index (χ1) is 15.0. The Morgan fingerprint density at radius 2 is 2.10 bits per heavy atom. The summed E-state index contributed by atoms with van der Waals surface area (Å²) in [6, 6.07) is 7.78. The number of amides is 2. The average Bonchev–Trinajstić information content (AvgIpc) is 3.37. The maximum Gasteiger partial charge on any atom is 0.254 e. The minimum Gasteiger partial charge on any atom is -0.367 e. The molecule has 10 heteroatoms.